The molecule has 0 aliphatic carbocycles. The second-order valence-electron chi connectivity index (χ2n) is 4.96. The van der Waals surface area contributed by atoms with Crippen molar-refractivity contribution in [2.45, 2.75) is 25.8 Å². The topological polar surface area (TPSA) is 29.9 Å². The Balaban J connectivity index is 0.000001000. The minimum Gasteiger partial charge on any atom is -0.324 e. The lowest BCUT2D eigenvalue weighted by molar-refractivity contribution is 0.370. The molecule has 5 heteroatoms. The molecular formula is C15H21Cl2N3. The van der Waals surface area contributed by atoms with Crippen molar-refractivity contribution >= 4 is 24.8 Å². The number of hydrogen-bond donors (Lipinski definition) is 1. The fraction of sp³-hybridized carbons (Fsp3) is 0.400. The molecule has 110 valence electrons. The first-order valence-electron chi connectivity index (χ1n) is 6.66. The number of piperidine rings is 1. The second-order valence-corrected chi connectivity index (χ2v) is 4.96. The smallest absolute Gasteiger partial charge is 0.140 e. The molecule has 2 aromatic rings. The Hall–Kier alpha value is -1.03. The van der Waals surface area contributed by atoms with Gasteiger partial charge < -0.3 is 9.88 Å². The Morgan fingerprint density at radius 2 is 1.95 bits per heavy atom. The molecule has 1 saturated heterocycles. The van der Waals surface area contributed by atoms with Crippen LogP contribution >= 0.6 is 24.8 Å². The third kappa shape index (κ3) is 3.35. The summed E-state index contributed by atoms with van der Waals surface area (Å²) >= 11 is 0. The van der Waals surface area contributed by atoms with Crippen LogP contribution < -0.4 is 5.32 Å². The molecule has 1 aromatic carbocycles. The van der Waals surface area contributed by atoms with Crippen LogP contribution in [0.25, 0.3) is 11.4 Å². The van der Waals surface area contributed by atoms with Crippen LogP contribution in [0.15, 0.2) is 36.5 Å². The number of imidazole rings is 1. The molecule has 0 spiro atoms. The predicted octanol–water partition coefficient (Wildman–Crippen LogP) is 3.63. The van der Waals surface area contributed by atoms with E-state index in [1.807, 2.05) is 12.3 Å². The zero-order valence-corrected chi connectivity index (χ0v) is 13.2. The molecule has 0 saturated carbocycles. The summed E-state index contributed by atoms with van der Waals surface area (Å²) < 4.78 is 2.39. The largest absolute Gasteiger partial charge is 0.324 e. The summed E-state index contributed by atoms with van der Waals surface area (Å²) in [4.78, 5) is 4.60. The van der Waals surface area contributed by atoms with Gasteiger partial charge in [0.2, 0.25) is 0 Å². The molecule has 1 aliphatic heterocycles. The molecule has 20 heavy (non-hydrogen) atoms. The van der Waals surface area contributed by atoms with Crippen LogP contribution in [0.4, 0.5) is 0 Å². The number of rotatable bonds is 2. The van der Waals surface area contributed by atoms with E-state index in [1.165, 1.54) is 24.1 Å². The number of nitrogens with zero attached hydrogens (tertiary/aromatic N) is 2. The van der Waals surface area contributed by atoms with E-state index >= 15 is 0 Å². The highest BCUT2D eigenvalue weighted by Gasteiger charge is 2.20. The molecule has 1 aliphatic rings. The van der Waals surface area contributed by atoms with Gasteiger partial charge in [0.25, 0.3) is 0 Å². The Labute approximate surface area is 132 Å². The summed E-state index contributed by atoms with van der Waals surface area (Å²) in [5, 5.41) is 3.48. The maximum absolute atomic E-state index is 4.60. The highest BCUT2D eigenvalue weighted by atomic mass is 35.5. The molecule has 1 N–H and O–H groups in total. The Kier molecular flexibility index (Phi) is 6.53. The minimum atomic E-state index is 0. The number of aromatic nitrogens is 2. The van der Waals surface area contributed by atoms with Crippen LogP contribution in [0.1, 0.15) is 24.6 Å². The SMILES string of the molecule is Cc1cnc(-c2ccccc2)n1C1CCCNC1.Cl.Cl. The van der Waals surface area contributed by atoms with E-state index < -0.39 is 0 Å². The Bertz CT molecular complexity index is 519. The minimum absolute atomic E-state index is 0. The van der Waals surface area contributed by atoms with Crippen molar-refractivity contribution in [2.75, 3.05) is 13.1 Å². The van der Waals surface area contributed by atoms with E-state index in [2.05, 4.69) is 46.1 Å². The zero-order chi connectivity index (χ0) is 12.4. The van der Waals surface area contributed by atoms with Crippen molar-refractivity contribution in [1.29, 1.82) is 0 Å². The lowest BCUT2D eigenvalue weighted by Gasteiger charge is -2.27. The summed E-state index contributed by atoms with van der Waals surface area (Å²) in [7, 11) is 0. The van der Waals surface area contributed by atoms with Crippen LogP contribution in [0.5, 0.6) is 0 Å². The molecule has 0 bridgehead atoms. The van der Waals surface area contributed by atoms with E-state index in [9.17, 15) is 0 Å². The maximum atomic E-state index is 4.60. The van der Waals surface area contributed by atoms with E-state index in [1.54, 1.807) is 0 Å². The number of benzene rings is 1. The van der Waals surface area contributed by atoms with Gasteiger partial charge in [-0.05, 0) is 26.3 Å². The Morgan fingerprint density at radius 3 is 2.60 bits per heavy atom. The lowest BCUT2D eigenvalue weighted by Crippen LogP contribution is -2.32. The average molecular weight is 314 g/mol. The first kappa shape index (κ1) is 17.0. The van der Waals surface area contributed by atoms with Crippen LogP contribution in [0.3, 0.4) is 0 Å². The fourth-order valence-corrected chi connectivity index (χ4v) is 2.76. The van der Waals surface area contributed by atoms with Crippen molar-refractivity contribution < 1.29 is 0 Å². The second kappa shape index (κ2) is 7.67. The Morgan fingerprint density at radius 1 is 1.20 bits per heavy atom. The van der Waals surface area contributed by atoms with Crippen molar-refractivity contribution in [3.05, 3.63) is 42.2 Å². The standard InChI is InChI=1S/C15H19N3.2ClH/c1-12-10-17-15(13-6-3-2-4-7-13)18(12)14-8-5-9-16-11-14;;/h2-4,6-7,10,14,16H,5,8-9,11H2,1H3;2*1H. The number of aryl methyl sites for hydroxylation is 1. The summed E-state index contributed by atoms with van der Waals surface area (Å²) in [6.07, 6.45) is 4.47. The lowest BCUT2D eigenvalue weighted by atomic mass is 10.1. The summed E-state index contributed by atoms with van der Waals surface area (Å²) in [6.45, 7) is 4.34. The first-order chi connectivity index (χ1) is 8.86. The molecule has 2 heterocycles. The van der Waals surface area contributed by atoms with Crippen LogP contribution in [-0.4, -0.2) is 22.6 Å². The van der Waals surface area contributed by atoms with Gasteiger partial charge in [-0.25, -0.2) is 4.98 Å². The molecular weight excluding hydrogens is 293 g/mol. The third-order valence-electron chi connectivity index (χ3n) is 3.65. The highest BCUT2D eigenvalue weighted by Crippen LogP contribution is 2.26. The van der Waals surface area contributed by atoms with E-state index in [0.717, 1.165) is 18.9 Å². The normalized spacial score (nSPS) is 17.9. The van der Waals surface area contributed by atoms with Gasteiger partial charge in [0, 0.05) is 30.0 Å². The molecule has 0 radical (unpaired) electrons. The predicted molar refractivity (Wildman–Crippen MR) is 88.0 cm³/mol. The zero-order valence-electron chi connectivity index (χ0n) is 11.6. The van der Waals surface area contributed by atoms with Gasteiger partial charge in [-0.1, -0.05) is 30.3 Å². The van der Waals surface area contributed by atoms with Crippen LogP contribution in [0.2, 0.25) is 0 Å². The van der Waals surface area contributed by atoms with Crippen molar-refractivity contribution in [3.63, 3.8) is 0 Å². The van der Waals surface area contributed by atoms with E-state index in [0.29, 0.717) is 6.04 Å². The van der Waals surface area contributed by atoms with Gasteiger partial charge in [0.05, 0.1) is 0 Å². The number of halogens is 2. The molecule has 1 unspecified atom stereocenters. The van der Waals surface area contributed by atoms with E-state index in [-0.39, 0.29) is 24.8 Å². The highest BCUT2D eigenvalue weighted by molar-refractivity contribution is 5.85. The third-order valence-corrected chi connectivity index (χ3v) is 3.65. The molecule has 3 rings (SSSR count). The quantitative estimate of drug-likeness (QED) is 0.917. The molecule has 1 fully saturated rings. The van der Waals surface area contributed by atoms with E-state index in [4.69, 9.17) is 0 Å². The molecule has 3 nitrogen and oxygen atoms in total. The average Bonchev–Trinajstić information content (AvgIpc) is 2.83. The van der Waals surface area contributed by atoms with Gasteiger partial charge in [-0.2, -0.15) is 0 Å². The van der Waals surface area contributed by atoms with Gasteiger partial charge >= 0.3 is 0 Å². The van der Waals surface area contributed by atoms with Crippen molar-refractivity contribution in [2.24, 2.45) is 0 Å². The molecule has 0 amide bonds. The van der Waals surface area contributed by atoms with Gasteiger partial charge in [0.15, 0.2) is 0 Å². The van der Waals surface area contributed by atoms with Gasteiger partial charge in [-0.15, -0.1) is 24.8 Å². The monoisotopic (exact) mass is 313 g/mol. The summed E-state index contributed by atoms with van der Waals surface area (Å²) in [6, 6.07) is 11.0. The first-order valence-corrected chi connectivity index (χ1v) is 6.66. The van der Waals surface area contributed by atoms with Crippen LogP contribution in [-0.2, 0) is 0 Å². The van der Waals surface area contributed by atoms with Crippen molar-refractivity contribution in [3.8, 4) is 11.4 Å². The van der Waals surface area contributed by atoms with Crippen LogP contribution in [0, 0.1) is 6.92 Å². The van der Waals surface area contributed by atoms with Crippen molar-refractivity contribution in [1.82, 2.24) is 14.9 Å². The van der Waals surface area contributed by atoms with Gasteiger partial charge in [0.1, 0.15) is 5.82 Å². The maximum Gasteiger partial charge on any atom is 0.140 e. The fourth-order valence-electron chi connectivity index (χ4n) is 2.76. The van der Waals surface area contributed by atoms with Gasteiger partial charge in [-0.3, -0.25) is 0 Å². The number of nitrogens with one attached hydrogen (secondary N) is 1. The summed E-state index contributed by atoms with van der Waals surface area (Å²) in [5.41, 5.74) is 2.46. The summed E-state index contributed by atoms with van der Waals surface area (Å²) in [5.74, 6) is 1.10. The molecule has 1 atom stereocenters. The molecule has 1 aromatic heterocycles. The number of hydrogen-bond acceptors (Lipinski definition) is 2.